The fourth-order valence-corrected chi connectivity index (χ4v) is 0.289. The Labute approximate surface area is 54.4 Å². The molecule has 10 heavy (non-hydrogen) atoms. The van der Waals surface area contributed by atoms with Gasteiger partial charge in [0, 0.05) is 0 Å². The standard InChI is InChI=1S/C4H5F3O3/c5-2-1-4(6,7)10-3(8)9/h1-2H2,(H,8,9). The SMILES string of the molecule is O=C(O)OC(F)(F)CCF. The van der Waals surface area contributed by atoms with Gasteiger partial charge < -0.3 is 9.84 Å². The van der Waals surface area contributed by atoms with Crippen LogP contribution < -0.4 is 0 Å². The van der Waals surface area contributed by atoms with E-state index in [-0.39, 0.29) is 0 Å². The Balaban J connectivity index is 3.74. The normalized spacial score (nSPS) is 11.1. The maximum Gasteiger partial charge on any atom is 0.510 e. The minimum absolute atomic E-state index is 1.24. The molecule has 0 rings (SSSR count). The number of halogens is 3. The smallest absolute Gasteiger partial charge is 0.450 e. The molecule has 0 aliphatic carbocycles. The molecular weight excluding hydrogens is 153 g/mol. The second-order valence-corrected chi connectivity index (χ2v) is 1.44. The van der Waals surface area contributed by atoms with Gasteiger partial charge in [0.2, 0.25) is 0 Å². The van der Waals surface area contributed by atoms with Crippen LogP contribution in [-0.4, -0.2) is 24.0 Å². The van der Waals surface area contributed by atoms with Gasteiger partial charge in [0.25, 0.3) is 0 Å². The topological polar surface area (TPSA) is 46.5 Å². The molecular formula is C4H5F3O3. The van der Waals surface area contributed by atoms with E-state index in [1.807, 2.05) is 0 Å². The van der Waals surface area contributed by atoms with Gasteiger partial charge in [-0.05, 0) is 0 Å². The van der Waals surface area contributed by atoms with Crippen LogP contribution in [-0.2, 0) is 4.74 Å². The molecule has 0 aromatic carbocycles. The second kappa shape index (κ2) is 3.28. The van der Waals surface area contributed by atoms with Crippen molar-refractivity contribution in [2.45, 2.75) is 12.5 Å². The van der Waals surface area contributed by atoms with Crippen LogP contribution in [0.25, 0.3) is 0 Å². The lowest BCUT2D eigenvalue weighted by atomic mass is 10.4. The van der Waals surface area contributed by atoms with Gasteiger partial charge in [-0.15, -0.1) is 0 Å². The summed E-state index contributed by atoms with van der Waals surface area (Å²) in [6, 6.07) is 0. The van der Waals surface area contributed by atoms with Crippen LogP contribution >= 0.6 is 0 Å². The van der Waals surface area contributed by atoms with Crippen molar-refractivity contribution >= 4 is 6.16 Å². The molecule has 0 unspecified atom stereocenters. The number of ether oxygens (including phenoxy) is 1. The van der Waals surface area contributed by atoms with Crippen LogP contribution in [0.15, 0.2) is 0 Å². The zero-order valence-electron chi connectivity index (χ0n) is 4.81. The zero-order chi connectivity index (χ0) is 8.20. The summed E-state index contributed by atoms with van der Waals surface area (Å²) in [7, 11) is 0. The number of carbonyl (C=O) groups is 1. The van der Waals surface area contributed by atoms with E-state index in [2.05, 4.69) is 4.74 Å². The fourth-order valence-electron chi connectivity index (χ4n) is 0.289. The van der Waals surface area contributed by atoms with Gasteiger partial charge in [-0.3, -0.25) is 4.39 Å². The van der Waals surface area contributed by atoms with Gasteiger partial charge in [0.15, 0.2) is 0 Å². The molecule has 0 saturated carbocycles. The molecule has 3 nitrogen and oxygen atoms in total. The Morgan fingerprint density at radius 1 is 1.60 bits per heavy atom. The van der Waals surface area contributed by atoms with Gasteiger partial charge in [-0.2, -0.15) is 8.78 Å². The summed E-state index contributed by atoms with van der Waals surface area (Å²) >= 11 is 0. The molecule has 0 aromatic rings. The average Bonchev–Trinajstić information content (AvgIpc) is 1.59. The molecule has 0 fully saturated rings. The van der Waals surface area contributed by atoms with Crippen molar-refractivity contribution in [2.75, 3.05) is 6.67 Å². The Morgan fingerprint density at radius 3 is 2.40 bits per heavy atom. The third-order valence-electron chi connectivity index (χ3n) is 0.622. The van der Waals surface area contributed by atoms with Gasteiger partial charge >= 0.3 is 12.3 Å². The molecule has 6 heteroatoms. The van der Waals surface area contributed by atoms with Crippen LogP contribution in [0.1, 0.15) is 6.42 Å². The van der Waals surface area contributed by atoms with Crippen molar-refractivity contribution in [2.24, 2.45) is 0 Å². The van der Waals surface area contributed by atoms with Crippen molar-refractivity contribution in [1.82, 2.24) is 0 Å². The third kappa shape index (κ3) is 3.99. The number of hydrogen-bond donors (Lipinski definition) is 1. The van der Waals surface area contributed by atoms with Crippen LogP contribution in [0.4, 0.5) is 18.0 Å². The number of hydrogen-bond acceptors (Lipinski definition) is 2. The van der Waals surface area contributed by atoms with Crippen LogP contribution in [0.3, 0.4) is 0 Å². The van der Waals surface area contributed by atoms with Crippen molar-refractivity contribution in [3.63, 3.8) is 0 Å². The van der Waals surface area contributed by atoms with E-state index in [9.17, 15) is 18.0 Å². The molecule has 0 spiro atoms. The highest BCUT2D eigenvalue weighted by Gasteiger charge is 2.33. The molecule has 0 aliphatic heterocycles. The summed E-state index contributed by atoms with van der Waals surface area (Å²) in [6.07, 6.45) is -7.25. The zero-order valence-corrected chi connectivity index (χ0v) is 4.81. The van der Waals surface area contributed by atoms with E-state index in [0.29, 0.717) is 0 Å². The fraction of sp³-hybridized carbons (Fsp3) is 0.750. The first kappa shape index (κ1) is 9.06. The second-order valence-electron chi connectivity index (χ2n) is 1.44. The Hall–Kier alpha value is -0.940. The minimum Gasteiger partial charge on any atom is -0.450 e. The monoisotopic (exact) mass is 158 g/mol. The van der Waals surface area contributed by atoms with Crippen molar-refractivity contribution in [3.05, 3.63) is 0 Å². The first-order chi connectivity index (χ1) is 4.48. The third-order valence-corrected chi connectivity index (χ3v) is 0.622. The van der Waals surface area contributed by atoms with E-state index in [1.54, 1.807) is 0 Å². The predicted molar refractivity (Wildman–Crippen MR) is 24.6 cm³/mol. The Bertz CT molecular complexity index is 125. The predicted octanol–water partition coefficient (Wildman–Crippen LogP) is 1.63. The Morgan fingerprint density at radius 2 is 2.10 bits per heavy atom. The number of rotatable bonds is 3. The van der Waals surface area contributed by atoms with Crippen molar-refractivity contribution in [1.29, 1.82) is 0 Å². The quantitative estimate of drug-likeness (QED) is 0.635. The first-order valence-corrected chi connectivity index (χ1v) is 2.33. The van der Waals surface area contributed by atoms with Crippen LogP contribution in [0.5, 0.6) is 0 Å². The highest BCUT2D eigenvalue weighted by atomic mass is 19.3. The molecule has 0 saturated heterocycles. The number of alkyl halides is 3. The highest BCUT2D eigenvalue weighted by Crippen LogP contribution is 2.19. The highest BCUT2D eigenvalue weighted by molar-refractivity contribution is 5.57. The summed E-state index contributed by atoms with van der Waals surface area (Å²) in [4.78, 5) is 9.47. The maximum atomic E-state index is 11.8. The summed E-state index contributed by atoms with van der Waals surface area (Å²) in [6.45, 7) is -1.32. The molecule has 0 aliphatic rings. The largest absolute Gasteiger partial charge is 0.510 e. The maximum absolute atomic E-state index is 11.8. The van der Waals surface area contributed by atoms with E-state index in [1.165, 1.54) is 0 Å². The molecule has 0 bridgehead atoms. The molecule has 60 valence electrons. The molecule has 0 radical (unpaired) electrons. The average molecular weight is 158 g/mol. The van der Waals surface area contributed by atoms with Crippen molar-refractivity contribution in [3.8, 4) is 0 Å². The van der Waals surface area contributed by atoms with Gasteiger partial charge in [0.1, 0.15) is 0 Å². The van der Waals surface area contributed by atoms with Gasteiger partial charge in [-0.25, -0.2) is 4.79 Å². The lowest BCUT2D eigenvalue weighted by molar-refractivity contribution is -0.212. The first-order valence-electron chi connectivity index (χ1n) is 2.33. The lowest BCUT2D eigenvalue weighted by Crippen LogP contribution is -2.24. The molecule has 0 heterocycles. The van der Waals surface area contributed by atoms with Gasteiger partial charge in [0.05, 0.1) is 13.1 Å². The molecule has 0 aromatic heterocycles. The number of carboxylic acid groups (broad SMARTS) is 1. The van der Waals surface area contributed by atoms with Crippen LogP contribution in [0.2, 0.25) is 0 Å². The molecule has 1 N–H and O–H groups in total. The summed E-state index contributed by atoms with van der Waals surface area (Å²) in [5, 5.41) is 7.65. The van der Waals surface area contributed by atoms with E-state index < -0.39 is 25.4 Å². The molecule has 0 atom stereocenters. The summed E-state index contributed by atoms with van der Waals surface area (Å²) < 4.78 is 37.9. The van der Waals surface area contributed by atoms with E-state index in [4.69, 9.17) is 5.11 Å². The van der Waals surface area contributed by atoms with E-state index in [0.717, 1.165) is 0 Å². The van der Waals surface area contributed by atoms with Crippen LogP contribution in [0, 0.1) is 0 Å². The molecule has 0 amide bonds. The summed E-state index contributed by atoms with van der Waals surface area (Å²) in [5.74, 6) is 0. The van der Waals surface area contributed by atoms with Crippen molar-refractivity contribution < 1.29 is 27.8 Å². The lowest BCUT2D eigenvalue weighted by Gasteiger charge is -2.11. The minimum atomic E-state index is -3.90. The van der Waals surface area contributed by atoms with Gasteiger partial charge in [-0.1, -0.05) is 0 Å². The Kier molecular flexibility index (Phi) is 2.98. The summed E-state index contributed by atoms with van der Waals surface area (Å²) in [5.41, 5.74) is 0. The van der Waals surface area contributed by atoms with E-state index >= 15 is 0 Å².